The molecule has 1 fully saturated rings. The van der Waals surface area contributed by atoms with Crippen molar-refractivity contribution in [3.63, 3.8) is 0 Å². The lowest BCUT2D eigenvalue weighted by atomic mass is 10.00. The van der Waals surface area contributed by atoms with Crippen molar-refractivity contribution in [1.29, 1.82) is 0 Å². The first-order valence-corrected chi connectivity index (χ1v) is 8.21. The minimum absolute atomic E-state index is 0. The molecule has 2 heterocycles. The number of hydrogen-bond donors (Lipinski definition) is 1. The van der Waals surface area contributed by atoms with Crippen molar-refractivity contribution >= 4 is 12.4 Å². The highest BCUT2D eigenvalue weighted by Gasteiger charge is 2.24. The zero-order valence-electron chi connectivity index (χ0n) is 14.0. The summed E-state index contributed by atoms with van der Waals surface area (Å²) in [6.45, 7) is 8.50. The minimum atomic E-state index is 0. The van der Waals surface area contributed by atoms with Crippen LogP contribution in [0.4, 0.5) is 0 Å². The summed E-state index contributed by atoms with van der Waals surface area (Å²) in [5.74, 6) is 0. The summed E-state index contributed by atoms with van der Waals surface area (Å²) in [6, 6.07) is 11.6. The molecule has 1 N–H and O–H groups in total. The Bertz CT molecular complexity index is 612. The van der Waals surface area contributed by atoms with Gasteiger partial charge in [0, 0.05) is 44.6 Å². The van der Waals surface area contributed by atoms with Gasteiger partial charge in [0.05, 0.1) is 0 Å². The molecule has 0 aliphatic carbocycles. The second-order valence-electron chi connectivity index (χ2n) is 6.09. The highest BCUT2D eigenvalue weighted by atomic mass is 35.5. The van der Waals surface area contributed by atoms with Crippen LogP contribution in [-0.2, 0) is 13.0 Å². The van der Waals surface area contributed by atoms with Crippen LogP contribution in [0.1, 0.15) is 35.2 Å². The number of hydrogen-bond acceptors (Lipinski definition) is 3. The molecule has 0 saturated carbocycles. The topological polar surface area (TPSA) is 28.2 Å². The summed E-state index contributed by atoms with van der Waals surface area (Å²) in [5, 5.41) is 3.54. The monoisotopic (exact) mass is 331 g/mol. The van der Waals surface area contributed by atoms with E-state index in [1.807, 2.05) is 12.4 Å². The molecule has 0 radical (unpaired) electrons. The van der Waals surface area contributed by atoms with Gasteiger partial charge in [0.15, 0.2) is 0 Å². The molecule has 3 nitrogen and oxygen atoms in total. The van der Waals surface area contributed by atoms with E-state index >= 15 is 0 Å². The van der Waals surface area contributed by atoms with Crippen LogP contribution in [0.25, 0.3) is 0 Å². The Labute approximate surface area is 145 Å². The van der Waals surface area contributed by atoms with Crippen LogP contribution >= 0.6 is 12.4 Å². The van der Waals surface area contributed by atoms with Gasteiger partial charge in [-0.05, 0) is 41.7 Å². The Morgan fingerprint density at radius 3 is 2.70 bits per heavy atom. The maximum atomic E-state index is 4.29. The van der Waals surface area contributed by atoms with Crippen molar-refractivity contribution in [3.05, 3.63) is 65.0 Å². The molecule has 1 atom stereocenters. The Hall–Kier alpha value is -1.42. The van der Waals surface area contributed by atoms with E-state index in [2.05, 4.69) is 59.4 Å². The van der Waals surface area contributed by atoms with Gasteiger partial charge in [0.1, 0.15) is 0 Å². The van der Waals surface area contributed by atoms with Crippen LogP contribution in [0.2, 0.25) is 0 Å². The van der Waals surface area contributed by atoms with Crippen LogP contribution in [0, 0.1) is 6.92 Å². The molecule has 1 unspecified atom stereocenters. The van der Waals surface area contributed by atoms with Gasteiger partial charge in [-0.3, -0.25) is 9.88 Å². The Morgan fingerprint density at radius 2 is 2.00 bits per heavy atom. The third-order valence-electron chi connectivity index (χ3n) is 4.65. The third-order valence-corrected chi connectivity index (χ3v) is 4.65. The molecule has 1 saturated heterocycles. The largest absolute Gasteiger partial charge is 0.314 e. The van der Waals surface area contributed by atoms with Crippen molar-refractivity contribution in [2.45, 2.75) is 32.9 Å². The number of pyridine rings is 1. The average molecular weight is 332 g/mol. The average Bonchev–Trinajstić information content (AvgIpc) is 2.58. The van der Waals surface area contributed by atoms with Crippen LogP contribution in [0.3, 0.4) is 0 Å². The molecule has 4 heteroatoms. The fraction of sp³-hybridized carbons (Fsp3) is 0.421. The number of rotatable bonds is 4. The summed E-state index contributed by atoms with van der Waals surface area (Å²) in [7, 11) is 0. The molecule has 0 bridgehead atoms. The lowest BCUT2D eigenvalue weighted by molar-refractivity contribution is 0.153. The van der Waals surface area contributed by atoms with Crippen LogP contribution < -0.4 is 5.32 Å². The Morgan fingerprint density at radius 1 is 1.22 bits per heavy atom. The lowest BCUT2D eigenvalue weighted by Crippen LogP contribution is -2.45. The van der Waals surface area contributed by atoms with Gasteiger partial charge in [-0.15, -0.1) is 12.4 Å². The predicted octanol–water partition coefficient (Wildman–Crippen LogP) is 3.52. The van der Waals surface area contributed by atoms with E-state index in [1.54, 1.807) is 0 Å². The summed E-state index contributed by atoms with van der Waals surface area (Å²) in [4.78, 5) is 6.86. The second kappa shape index (κ2) is 8.44. The predicted molar refractivity (Wildman–Crippen MR) is 98.1 cm³/mol. The third kappa shape index (κ3) is 4.31. The molecule has 23 heavy (non-hydrogen) atoms. The van der Waals surface area contributed by atoms with E-state index in [4.69, 9.17) is 0 Å². The summed E-state index contributed by atoms with van der Waals surface area (Å²) in [5.41, 5.74) is 5.47. The zero-order valence-corrected chi connectivity index (χ0v) is 14.8. The smallest absolute Gasteiger partial charge is 0.0476 e. The van der Waals surface area contributed by atoms with Gasteiger partial charge in [-0.1, -0.05) is 31.2 Å². The number of nitrogens with one attached hydrogen (secondary N) is 1. The van der Waals surface area contributed by atoms with Gasteiger partial charge in [-0.25, -0.2) is 0 Å². The fourth-order valence-electron chi connectivity index (χ4n) is 3.12. The molecule has 3 rings (SSSR count). The Balaban J connectivity index is 0.00000192. The number of benzene rings is 1. The van der Waals surface area contributed by atoms with E-state index in [1.165, 1.54) is 22.3 Å². The van der Waals surface area contributed by atoms with Gasteiger partial charge < -0.3 is 5.32 Å². The Kier molecular flexibility index (Phi) is 6.58. The van der Waals surface area contributed by atoms with Crippen LogP contribution in [0.5, 0.6) is 0 Å². The van der Waals surface area contributed by atoms with E-state index in [-0.39, 0.29) is 12.4 Å². The van der Waals surface area contributed by atoms with Crippen molar-refractivity contribution in [3.8, 4) is 0 Å². The molecule has 0 spiro atoms. The summed E-state index contributed by atoms with van der Waals surface area (Å²) in [6.07, 6.45) is 4.98. The molecule has 2 aromatic rings. The maximum Gasteiger partial charge on any atom is 0.0476 e. The summed E-state index contributed by atoms with van der Waals surface area (Å²) < 4.78 is 0. The normalized spacial score (nSPS) is 18.4. The first-order valence-electron chi connectivity index (χ1n) is 8.21. The van der Waals surface area contributed by atoms with Crippen LogP contribution in [0.15, 0.2) is 42.7 Å². The minimum Gasteiger partial charge on any atom is -0.314 e. The van der Waals surface area contributed by atoms with Crippen molar-refractivity contribution in [2.75, 3.05) is 19.6 Å². The van der Waals surface area contributed by atoms with Gasteiger partial charge >= 0.3 is 0 Å². The number of nitrogens with zero attached hydrogens (tertiary/aromatic N) is 2. The first kappa shape index (κ1) is 17.9. The number of aromatic nitrogens is 1. The first-order chi connectivity index (χ1) is 10.8. The summed E-state index contributed by atoms with van der Waals surface area (Å²) >= 11 is 0. The van der Waals surface area contributed by atoms with E-state index in [9.17, 15) is 0 Å². The van der Waals surface area contributed by atoms with Gasteiger partial charge in [0.25, 0.3) is 0 Å². The maximum absolute atomic E-state index is 4.29. The molecule has 124 valence electrons. The lowest BCUT2D eigenvalue weighted by Gasteiger charge is -2.36. The van der Waals surface area contributed by atoms with Gasteiger partial charge in [-0.2, -0.15) is 0 Å². The standard InChI is InChI=1S/C19H25N3.ClH/c1-3-16-4-6-17(7-5-16)19-13-21-10-11-22(19)14-18-12-20-9-8-15(18)2;/h4-9,12,19,21H,3,10-11,13-14H2,1-2H3;1H. The van der Waals surface area contributed by atoms with Crippen LogP contribution in [-0.4, -0.2) is 29.5 Å². The zero-order chi connectivity index (χ0) is 15.4. The molecule has 1 aromatic carbocycles. The molecule has 1 aliphatic heterocycles. The highest BCUT2D eigenvalue weighted by Crippen LogP contribution is 2.25. The molecular formula is C19H26ClN3. The van der Waals surface area contributed by atoms with E-state index in [0.717, 1.165) is 32.6 Å². The number of halogens is 1. The number of aryl methyl sites for hydroxylation is 2. The quantitative estimate of drug-likeness (QED) is 0.929. The SMILES string of the molecule is CCc1ccc(C2CNCCN2Cc2cnccc2C)cc1.Cl. The molecular weight excluding hydrogens is 306 g/mol. The van der Waals surface area contributed by atoms with E-state index < -0.39 is 0 Å². The second-order valence-corrected chi connectivity index (χ2v) is 6.09. The molecule has 1 aliphatic rings. The van der Waals surface area contributed by atoms with Crippen molar-refractivity contribution in [2.24, 2.45) is 0 Å². The fourth-order valence-corrected chi connectivity index (χ4v) is 3.12. The van der Waals surface area contributed by atoms with Crippen molar-refractivity contribution in [1.82, 2.24) is 15.2 Å². The molecule has 1 aromatic heterocycles. The number of piperazine rings is 1. The molecule has 0 amide bonds. The van der Waals surface area contributed by atoms with E-state index in [0.29, 0.717) is 6.04 Å². The van der Waals surface area contributed by atoms with Crippen molar-refractivity contribution < 1.29 is 0 Å². The highest BCUT2D eigenvalue weighted by molar-refractivity contribution is 5.85. The van der Waals surface area contributed by atoms with Gasteiger partial charge in [0.2, 0.25) is 0 Å².